The molecule has 2 atom stereocenters. The zero-order valence-corrected chi connectivity index (χ0v) is 20.1. The topological polar surface area (TPSA) is 84.9 Å². The summed E-state index contributed by atoms with van der Waals surface area (Å²) in [7, 11) is -0.389. The summed E-state index contributed by atoms with van der Waals surface area (Å²) in [6, 6.07) is 11.8. The number of carbonyl (C=O) groups excluding carboxylic acids is 1. The van der Waals surface area contributed by atoms with Gasteiger partial charge in [-0.1, -0.05) is 23.7 Å². The molecule has 0 saturated carbocycles. The van der Waals surface area contributed by atoms with E-state index in [1.807, 2.05) is 13.0 Å². The number of amides is 1. The molecular weight excluding hydrogens is 452 g/mol. The number of nitrogens with zero attached hydrogens (tertiary/aromatic N) is 1. The number of nitrogens with one attached hydrogen (secondary N) is 1. The van der Waals surface area contributed by atoms with E-state index < -0.39 is 15.9 Å². The summed E-state index contributed by atoms with van der Waals surface area (Å²) in [5.41, 5.74) is 1.46. The highest BCUT2D eigenvalue weighted by Crippen LogP contribution is 2.30. The normalized spacial score (nSPS) is 18.1. The van der Waals surface area contributed by atoms with Gasteiger partial charge in [-0.2, -0.15) is 0 Å². The van der Waals surface area contributed by atoms with Crippen molar-refractivity contribution in [3.05, 3.63) is 58.6 Å². The third kappa shape index (κ3) is 5.94. The van der Waals surface area contributed by atoms with Gasteiger partial charge in [-0.3, -0.25) is 4.79 Å². The number of hydrogen-bond donors (Lipinski definition) is 1. The molecule has 1 amide bonds. The van der Waals surface area contributed by atoms with E-state index >= 15 is 0 Å². The molecule has 0 radical (unpaired) electrons. The van der Waals surface area contributed by atoms with Crippen LogP contribution >= 0.6 is 11.6 Å². The van der Waals surface area contributed by atoms with Gasteiger partial charge in [0.25, 0.3) is 0 Å². The second-order valence-corrected chi connectivity index (χ2v) is 10.3. The number of rotatable bonds is 8. The lowest BCUT2D eigenvalue weighted by Crippen LogP contribution is -2.46. The van der Waals surface area contributed by atoms with E-state index in [0.29, 0.717) is 41.5 Å². The van der Waals surface area contributed by atoms with Crippen molar-refractivity contribution in [2.24, 2.45) is 5.92 Å². The lowest BCUT2D eigenvalue weighted by molar-refractivity contribution is -0.126. The summed E-state index contributed by atoms with van der Waals surface area (Å²) in [6.45, 7) is 2.45. The van der Waals surface area contributed by atoms with E-state index in [4.69, 9.17) is 21.1 Å². The van der Waals surface area contributed by atoms with E-state index in [2.05, 4.69) is 5.32 Å². The zero-order valence-electron chi connectivity index (χ0n) is 18.5. The second-order valence-electron chi connectivity index (χ2n) is 7.92. The Labute approximate surface area is 194 Å². The molecule has 0 aliphatic carbocycles. The van der Waals surface area contributed by atoms with Crippen LogP contribution in [-0.2, 0) is 20.6 Å². The van der Waals surface area contributed by atoms with Crippen LogP contribution in [0.1, 0.15) is 36.9 Å². The number of benzene rings is 2. The Morgan fingerprint density at radius 2 is 1.91 bits per heavy atom. The molecule has 1 fully saturated rings. The zero-order chi connectivity index (χ0) is 23.3. The summed E-state index contributed by atoms with van der Waals surface area (Å²) in [4.78, 5) is 13.0. The fourth-order valence-electron chi connectivity index (χ4n) is 3.88. The van der Waals surface area contributed by atoms with Gasteiger partial charge in [0.2, 0.25) is 15.9 Å². The van der Waals surface area contributed by atoms with Crippen molar-refractivity contribution in [3.63, 3.8) is 0 Å². The van der Waals surface area contributed by atoms with Crippen molar-refractivity contribution < 1.29 is 22.7 Å². The Bertz CT molecular complexity index is 1040. The van der Waals surface area contributed by atoms with Crippen LogP contribution in [0.25, 0.3) is 0 Å². The molecule has 0 aromatic heterocycles. The SMILES string of the molecule is COc1ccc(OC)c([C@H](C)NC(=O)[C@H]2CCCN(S(=O)(=O)Cc3ccc(Cl)cc3)C2)c1. The second kappa shape index (κ2) is 10.6. The van der Waals surface area contributed by atoms with Gasteiger partial charge in [-0.05, 0) is 55.7 Å². The first kappa shape index (κ1) is 24.4. The third-order valence-corrected chi connectivity index (χ3v) is 7.74. The van der Waals surface area contributed by atoms with Crippen LogP contribution in [0.4, 0.5) is 0 Å². The first-order valence-electron chi connectivity index (χ1n) is 10.5. The van der Waals surface area contributed by atoms with Gasteiger partial charge < -0.3 is 14.8 Å². The maximum atomic E-state index is 13.0. The van der Waals surface area contributed by atoms with Gasteiger partial charge in [0.05, 0.1) is 31.9 Å². The van der Waals surface area contributed by atoms with E-state index in [9.17, 15) is 13.2 Å². The Hall–Kier alpha value is -2.29. The molecule has 1 aliphatic heterocycles. The van der Waals surface area contributed by atoms with Crippen molar-refractivity contribution >= 4 is 27.5 Å². The Kier molecular flexibility index (Phi) is 8.03. The van der Waals surface area contributed by atoms with E-state index in [0.717, 1.165) is 5.56 Å². The van der Waals surface area contributed by atoms with Crippen molar-refractivity contribution in [3.8, 4) is 11.5 Å². The molecule has 2 aromatic rings. The average molecular weight is 481 g/mol. The van der Waals surface area contributed by atoms with Crippen LogP contribution in [0.3, 0.4) is 0 Å². The number of methoxy groups -OCH3 is 2. The smallest absolute Gasteiger partial charge is 0.224 e. The number of piperidine rings is 1. The predicted molar refractivity (Wildman–Crippen MR) is 124 cm³/mol. The molecule has 32 heavy (non-hydrogen) atoms. The number of sulfonamides is 1. The van der Waals surface area contributed by atoms with Crippen LogP contribution < -0.4 is 14.8 Å². The highest BCUT2D eigenvalue weighted by atomic mass is 35.5. The van der Waals surface area contributed by atoms with Gasteiger partial charge in [0, 0.05) is 23.7 Å². The lowest BCUT2D eigenvalue weighted by atomic mass is 9.97. The lowest BCUT2D eigenvalue weighted by Gasteiger charge is -2.32. The fraction of sp³-hybridized carbons (Fsp3) is 0.435. The monoisotopic (exact) mass is 480 g/mol. The fourth-order valence-corrected chi connectivity index (χ4v) is 5.61. The first-order valence-corrected chi connectivity index (χ1v) is 12.5. The summed E-state index contributed by atoms with van der Waals surface area (Å²) >= 11 is 5.89. The minimum absolute atomic E-state index is 0.115. The Balaban J connectivity index is 1.67. The van der Waals surface area contributed by atoms with Crippen LogP contribution in [0.2, 0.25) is 5.02 Å². The quantitative estimate of drug-likeness (QED) is 0.621. The Morgan fingerprint density at radius 3 is 2.56 bits per heavy atom. The highest BCUT2D eigenvalue weighted by Gasteiger charge is 2.33. The first-order chi connectivity index (χ1) is 15.2. The van der Waals surface area contributed by atoms with Gasteiger partial charge >= 0.3 is 0 Å². The molecule has 1 saturated heterocycles. The molecule has 0 spiro atoms. The molecule has 1 heterocycles. The average Bonchev–Trinajstić information content (AvgIpc) is 2.80. The third-order valence-electron chi connectivity index (χ3n) is 5.67. The molecule has 1 aliphatic rings. The van der Waals surface area contributed by atoms with Crippen LogP contribution in [0, 0.1) is 5.92 Å². The van der Waals surface area contributed by atoms with Crippen LogP contribution in [-0.4, -0.2) is 45.9 Å². The van der Waals surface area contributed by atoms with Crippen molar-refractivity contribution in [1.29, 1.82) is 0 Å². The van der Waals surface area contributed by atoms with Crippen LogP contribution in [0.5, 0.6) is 11.5 Å². The maximum absolute atomic E-state index is 13.0. The summed E-state index contributed by atoms with van der Waals surface area (Å²) < 4.78 is 38.0. The standard InChI is InChI=1S/C23H29ClN2O5S/c1-16(21-13-20(30-2)10-11-22(21)31-3)25-23(27)18-5-4-12-26(14-18)32(28,29)15-17-6-8-19(24)9-7-17/h6-11,13,16,18H,4-5,12,14-15H2,1-3H3,(H,25,27)/t16-,18-/m0/s1. The maximum Gasteiger partial charge on any atom is 0.224 e. The molecule has 0 unspecified atom stereocenters. The molecular formula is C23H29ClN2O5S. The molecule has 1 N–H and O–H groups in total. The highest BCUT2D eigenvalue weighted by molar-refractivity contribution is 7.88. The number of halogens is 1. The van der Waals surface area contributed by atoms with Crippen LogP contribution in [0.15, 0.2) is 42.5 Å². The molecule has 3 rings (SSSR count). The summed E-state index contributed by atoms with van der Waals surface area (Å²) in [5, 5.41) is 3.57. The van der Waals surface area contributed by atoms with Gasteiger partial charge in [0.15, 0.2) is 0 Å². The van der Waals surface area contributed by atoms with Gasteiger partial charge in [-0.15, -0.1) is 0 Å². The molecule has 9 heteroatoms. The predicted octanol–water partition coefficient (Wildman–Crippen LogP) is 3.78. The molecule has 2 aromatic carbocycles. The van der Waals surface area contributed by atoms with Gasteiger partial charge in [-0.25, -0.2) is 12.7 Å². The number of hydrogen-bond acceptors (Lipinski definition) is 5. The molecule has 7 nitrogen and oxygen atoms in total. The van der Waals surface area contributed by atoms with E-state index in [1.54, 1.807) is 50.6 Å². The van der Waals surface area contributed by atoms with E-state index in [-0.39, 0.29) is 24.2 Å². The number of carbonyl (C=O) groups is 1. The Morgan fingerprint density at radius 1 is 1.19 bits per heavy atom. The summed E-state index contributed by atoms with van der Waals surface area (Å²) in [5.74, 6) is 0.612. The minimum Gasteiger partial charge on any atom is -0.497 e. The largest absolute Gasteiger partial charge is 0.497 e. The van der Waals surface area contributed by atoms with Gasteiger partial charge in [0.1, 0.15) is 11.5 Å². The molecule has 174 valence electrons. The van der Waals surface area contributed by atoms with Crippen molar-refractivity contribution in [2.45, 2.75) is 31.6 Å². The minimum atomic E-state index is -3.54. The molecule has 0 bridgehead atoms. The van der Waals surface area contributed by atoms with Crippen molar-refractivity contribution in [1.82, 2.24) is 9.62 Å². The van der Waals surface area contributed by atoms with Crippen molar-refractivity contribution in [2.75, 3.05) is 27.3 Å². The number of ether oxygens (including phenoxy) is 2. The van der Waals surface area contributed by atoms with E-state index in [1.165, 1.54) is 4.31 Å². The summed E-state index contributed by atoms with van der Waals surface area (Å²) in [6.07, 6.45) is 1.27.